The minimum atomic E-state index is 0.602. The molecule has 92 valence electrons. The van der Waals surface area contributed by atoms with Crippen LogP contribution in [0.3, 0.4) is 0 Å². The van der Waals surface area contributed by atoms with Gasteiger partial charge in [-0.15, -0.1) is 11.3 Å². The van der Waals surface area contributed by atoms with Gasteiger partial charge in [0.25, 0.3) is 0 Å². The first-order chi connectivity index (χ1) is 8.16. The van der Waals surface area contributed by atoms with E-state index in [4.69, 9.17) is 0 Å². The third kappa shape index (κ3) is 1.79. The van der Waals surface area contributed by atoms with E-state index in [0.717, 1.165) is 5.69 Å². The Morgan fingerprint density at radius 2 is 2.35 bits per heavy atom. The Balaban J connectivity index is 2.02. The van der Waals surface area contributed by atoms with Gasteiger partial charge in [-0.3, -0.25) is 4.68 Å². The largest absolute Gasteiger partial charge is 0.314 e. The van der Waals surface area contributed by atoms with E-state index < -0.39 is 0 Å². The van der Waals surface area contributed by atoms with Crippen molar-refractivity contribution in [3.8, 4) is 0 Å². The van der Waals surface area contributed by atoms with Gasteiger partial charge in [0.15, 0.2) is 0 Å². The third-order valence-electron chi connectivity index (χ3n) is 3.84. The van der Waals surface area contributed by atoms with Crippen LogP contribution in [0.4, 0.5) is 0 Å². The smallest absolute Gasteiger partial charge is 0.121 e. The average Bonchev–Trinajstić information content (AvgIpc) is 2.83. The molecule has 1 fully saturated rings. The molecular formula is C13H19N3S. The van der Waals surface area contributed by atoms with E-state index in [1.165, 1.54) is 34.5 Å². The number of hydrogen-bond donors (Lipinski definition) is 1. The molecule has 0 aliphatic carbocycles. The topological polar surface area (TPSA) is 29.9 Å². The van der Waals surface area contributed by atoms with Crippen LogP contribution in [0.15, 0.2) is 6.07 Å². The number of piperidine rings is 1. The molecular weight excluding hydrogens is 230 g/mol. The molecule has 2 unspecified atom stereocenters. The Labute approximate surface area is 106 Å². The van der Waals surface area contributed by atoms with Crippen molar-refractivity contribution in [3.63, 3.8) is 0 Å². The van der Waals surface area contributed by atoms with Gasteiger partial charge in [-0.05, 0) is 39.3 Å². The van der Waals surface area contributed by atoms with Crippen molar-refractivity contribution in [3.05, 3.63) is 16.6 Å². The molecule has 2 aromatic rings. The summed E-state index contributed by atoms with van der Waals surface area (Å²) in [5, 5.41) is 9.39. The van der Waals surface area contributed by atoms with E-state index in [2.05, 4.69) is 30.3 Å². The van der Waals surface area contributed by atoms with Gasteiger partial charge in [0.05, 0.1) is 5.69 Å². The molecule has 1 aliphatic rings. The van der Waals surface area contributed by atoms with Crippen molar-refractivity contribution in [1.29, 1.82) is 0 Å². The second-order valence-corrected chi connectivity index (χ2v) is 6.13. The molecule has 1 N–H and O–H groups in total. The monoisotopic (exact) mass is 249 g/mol. The van der Waals surface area contributed by atoms with Crippen LogP contribution in [-0.2, 0) is 7.05 Å². The van der Waals surface area contributed by atoms with Crippen molar-refractivity contribution in [1.82, 2.24) is 15.1 Å². The van der Waals surface area contributed by atoms with Gasteiger partial charge in [0.2, 0.25) is 0 Å². The summed E-state index contributed by atoms with van der Waals surface area (Å²) in [6, 6.07) is 2.96. The predicted molar refractivity (Wildman–Crippen MR) is 72.8 cm³/mol. The van der Waals surface area contributed by atoms with Crippen molar-refractivity contribution in [2.45, 2.75) is 38.6 Å². The fourth-order valence-corrected chi connectivity index (χ4v) is 4.20. The van der Waals surface area contributed by atoms with Gasteiger partial charge in [0, 0.05) is 29.3 Å². The second-order valence-electron chi connectivity index (χ2n) is 5.07. The summed E-state index contributed by atoms with van der Waals surface area (Å²) in [7, 11) is 2.04. The Morgan fingerprint density at radius 3 is 3.06 bits per heavy atom. The Kier molecular flexibility index (Phi) is 2.71. The minimum Gasteiger partial charge on any atom is -0.314 e. The van der Waals surface area contributed by atoms with Crippen molar-refractivity contribution in [2.24, 2.45) is 7.05 Å². The van der Waals surface area contributed by atoms with Crippen LogP contribution in [0, 0.1) is 6.92 Å². The lowest BCUT2D eigenvalue weighted by atomic mass is 9.90. The Hall–Kier alpha value is -0.870. The highest BCUT2D eigenvalue weighted by atomic mass is 32.1. The maximum Gasteiger partial charge on any atom is 0.121 e. The van der Waals surface area contributed by atoms with Gasteiger partial charge in [-0.1, -0.05) is 0 Å². The molecule has 0 aromatic carbocycles. The number of nitrogens with zero attached hydrogens (tertiary/aromatic N) is 2. The van der Waals surface area contributed by atoms with Crippen molar-refractivity contribution in [2.75, 3.05) is 6.54 Å². The van der Waals surface area contributed by atoms with E-state index in [9.17, 15) is 0 Å². The maximum absolute atomic E-state index is 4.47. The Morgan fingerprint density at radius 1 is 1.53 bits per heavy atom. The maximum atomic E-state index is 4.47. The molecule has 4 heteroatoms. The summed E-state index contributed by atoms with van der Waals surface area (Å²) in [5.41, 5.74) is 1.15. The molecule has 1 saturated heterocycles. The zero-order valence-corrected chi connectivity index (χ0v) is 11.5. The molecule has 3 heterocycles. The fourth-order valence-electron chi connectivity index (χ4n) is 2.84. The summed E-state index contributed by atoms with van der Waals surface area (Å²) in [6.45, 7) is 5.57. The molecule has 0 amide bonds. The van der Waals surface area contributed by atoms with E-state index in [1.807, 2.05) is 23.1 Å². The minimum absolute atomic E-state index is 0.602. The molecule has 17 heavy (non-hydrogen) atoms. The normalized spacial score (nSPS) is 25.6. The first-order valence-electron chi connectivity index (χ1n) is 6.33. The number of thiophene rings is 1. The predicted octanol–water partition coefficient (Wildman–Crippen LogP) is 2.80. The summed E-state index contributed by atoms with van der Waals surface area (Å²) in [5.74, 6) is 0.681. The van der Waals surface area contributed by atoms with Crippen LogP contribution in [0.25, 0.3) is 10.2 Å². The van der Waals surface area contributed by atoms with Crippen LogP contribution < -0.4 is 5.32 Å². The van der Waals surface area contributed by atoms with Crippen LogP contribution in [0.1, 0.15) is 36.3 Å². The number of aromatic nitrogens is 2. The summed E-state index contributed by atoms with van der Waals surface area (Å²) >= 11 is 1.92. The standard InChI is InChI=1S/C13H19N3S/c1-8-10(5-4-6-14-8)12-7-11-9(2)15-16(3)13(11)17-12/h7-8,10,14H,4-6H2,1-3H3. The highest BCUT2D eigenvalue weighted by Gasteiger charge is 2.25. The van der Waals surface area contributed by atoms with Crippen LogP contribution in [-0.4, -0.2) is 22.4 Å². The number of fused-ring (bicyclic) bond motifs is 1. The van der Waals surface area contributed by atoms with E-state index in [0.29, 0.717) is 12.0 Å². The molecule has 0 saturated carbocycles. The van der Waals surface area contributed by atoms with Gasteiger partial charge in [-0.25, -0.2) is 0 Å². The van der Waals surface area contributed by atoms with E-state index in [-0.39, 0.29) is 0 Å². The van der Waals surface area contributed by atoms with Gasteiger partial charge in [0.1, 0.15) is 4.83 Å². The molecule has 0 spiro atoms. The molecule has 2 aromatic heterocycles. The van der Waals surface area contributed by atoms with E-state index >= 15 is 0 Å². The van der Waals surface area contributed by atoms with Gasteiger partial charge < -0.3 is 5.32 Å². The lowest BCUT2D eigenvalue weighted by Gasteiger charge is -2.29. The van der Waals surface area contributed by atoms with Crippen molar-refractivity contribution < 1.29 is 0 Å². The first kappa shape index (κ1) is 11.2. The SMILES string of the molecule is Cc1nn(C)c2sc(C3CCCNC3C)cc12. The van der Waals surface area contributed by atoms with E-state index in [1.54, 1.807) is 0 Å². The van der Waals surface area contributed by atoms with Crippen LogP contribution >= 0.6 is 11.3 Å². The number of aryl methyl sites for hydroxylation is 2. The van der Waals surface area contributed by atoms with Crippen LogP contribution in [0.5, 0.6) is 0 Å². The fraction of sp³-hybridized carbons (Fsp3) is 0.615. The quantitative estimate of drug-likeness (QED) is 0.842. The molecule has 3 nitrogen and oxygen atoms in total. The zero-order chi connectivity index (χ0) is 12.0. The van der Waals surface area contributed by atoms with Crippen LogP contribution in [0.2, 0.25) is 0 Å². The molecule has 2 atom stereocenters. The second kappa shape index (κ2) is 4.10. The van der Waals surface area contributed by atoms with Gasteiger partial charge in [-0.2, -0.15) is 5.10 Å². The number of hydrogen-bond acceptors (Lipinski definition) is 3. The summed E-state index contributed by atoms with van der Waals surface area (Å²) in [4.78, 5) is 2.84. The van der Waals surface area contributed by atoms with Gasteiger partial charge >= 0.3 is 0 Å². The molecule has 3 rings (SSSR count). The highest BCUT2D eigenvalue weighted by Crippen LogP contribution is 2.37. The third-order valence-corrected chi connectivity index (χ3v) is 5.18. The molecule has 0 radical (unpaired) electrons. The first-order valence-corrected chi connectivity index (χ1v) is 7.15. The molecule has 1 aliphatic heterocycles. The lowest BCUT2D eigenvalue weighted by Crippen LogP contribution is -2.37. The summed E-state index contributed by atoms with van der Waals surface area (Å²) in [6.07, 6.45) is 2.61. The average molecular weight is 249 g/mol. The molecule has 0 bridgehead atoms. The number of nitrogens with one attached hydrogen (secondary N) is 1. The zero-order valence-electron chi connectivity index (χ0n) is 10.7. The lowest BCUT2D eigenvalue weighted by molar-refractivity contribution is 0.375. The van der Waals surface area contributed by atoms with Crippen molar-refractivity contribution >= 4 is 21.6 Å². The number of rotatable bonds is 1. The summed E-state index contributed by atoms with van der Waals surface area (Å²) < 4.78 is 2.01. The highest BCUT2D eigenvalue weighted by molar-refractivity contribution is 7.18. The Bertz CT molecular complexity index is 506.